The molecular formula is C17H11ClF6O. The van der Waals surface area contributed by atoms with Gasteiger partial charge < -0.3 is 4.74 Å². The van der Waals surface area contributed by atoms with E-state index in [1.54, 1.807) is 24.3 Å². The van der Waals surface area contributed by atoms with Gasteiger partial charge in [-0.1, -0.05) is 24.3 Å². The minimum absolute atomic E-state index is 0.0485. The third-order valence-electron chi connectivity index (χ3n) is 3.08. The minimum atomic E-state index is -4.92. The van der Waals surface area contributed by atoms with Crippen molar-refractivity contribution in [2.24, 2.45) is 0 Å². The minimum Gasteiger partial charge on any atom is -0.457 e. The van der Waals surface area contributed by atoms with Gasteiger partial charge in [0.2, 0.25) is 0 Å². The number of alkyl halides is 7. The van der Waals surface area contributed by atoms with Crippen LogP contribution in [0.25, 0.3) is 6.08 Å². The van der Waals surface area contributed by atoms with Gasteiger partial charge in [0.05, 0.1) is 11.1 Å². The second-order valence-electron chi connectivity index (χ2n) is 4.97. The van der Waals surface area contributed by atoms with Gasteiger partial charge in [-0.05, 0) is 35.9 Å². The lowest BCUT2D eigenvalue weighted by Gasteiger charge is -2.14. The molecule has 0 N–H and O–H groups in total. The number of hydrogen-bond donors (Lipinski definition) is 0. The number of hydrogen-bond acceptors (Lipinski definition) is 1. The molecule has 0 unspecified atom stereocenters. The van der Waals surface area contributed by atoms with Crippen molar-refractivity contribution in [2.45, 2.75) is 12.4 Å². The molecule has 2 rings (SSSR count). The topological polar surface area (TPSA) is 9.23 Å². The quantitative estimate of drug-likeness (QED) is 0.420. The molecule has 0 amide bonds. The highest BCUT2D eigenvalue weighted by molar-refractivity contribution is 6.19. The fourth-order valence-corrected chi connectivity index (χ4v) is 2.04. The summed E-state index contributed by atoms with van der Waals surface area (Å²) in [5.41, 5.74) is -2.11. The number of benzene rings is 2. The summed E-state index contributed by atoms with van der Waals surface area (Å²) >= 11 is 5.50. The molecular weight excluding hydrogens is 370 g/mol. The second kappa shape index (κ2) is 7.39. The lowest BCUT2D eigenvalue weighted by atomic mass is 10.1. The maximum Gasteiger partial charge on any atom is 0.416 e. The molecule has 1 nitrogen and oxygen atoms in total. The van der Waals surface area contributed by atoms with Crippen molar-refractivity contribution >= 4 is 17.7 Å². The summed E-state index contributed by atoms with van der Waals surface area (Å²) < 4.78 is 82.0. The number of rotatable bonds is 4. The highest BCUT2D eigenvalue weighted by atomic mass is 35.5. The molecule has 0 saturated heterocycles. The zero-order valence-electron chi connectivity index (χ0n) is 12.5. The van der Waals surface area contributed by atoms with Crippen LogP contribution in [0, 0.1) is 0 Å². The Morgan fingerprint density at radius 3 is 1.76 bits per heavy atom. The number of ether oxygens (including phenoxy) is 1. The van der Waals surface area contributed by atoms with Crippen LogP contribution >= 0.6 is 11.6 Å². The van der Waals surface area contributed by atoms with Crippen molar-refractivity contribution in [3.8, 4) is 11.5 Å². The van der Waals surface area contributed by atoms with Crippen LogP contribution in [0.2, 0.25) is 0 Å². The molecule has 0 spiro atoms. The maximum absolute atomic E-state index is 12.8. The van der Waals surface area contributed by atoms with E-state index in [9.17, 15) is 26.3 Å². The van der Waals surface area contributed by atoms with Crippen LogP contribution < -0.4 is 4.74 Å². The van der Waals surface area contributed by atoms with Crippen molar-refractivity contribution < 1.29 is 31.1 Å². The first-order chi connectivity index (χ1) is 11.6. The van der Waals surface area contributed by atoms with E-state index in [2.05, 4.69) is 0 Å². The van der Waals surface area contributed by atoms with Crippen LogP contribution in [-0.4, -0.2) is 5.88 Å². The van der Waals surface area contributed by atoms with Crippen LogP contribution in [0.3, 0.4) is 0 Å². The predicted molar refractivity (Wildman–Crippen MR) is 82.7 cm³/mol. The highest BCUT2D eigenvalue weighted by Gasteiger charge is 2.37. The molecule has 0 atom stereocenters. The molecule has 25 heavy (non-hydrogen) atoms. The smallest absolute Gasteiger partial charge is 0.416 e. The van der Waals surface area contributed by atoms with Crippen LogP contribution in [-0.2, 0) is 12.4 Å². The Morgan fingerprint density at radius 1 is 0.800 bits per heavy atom. The van der Waals surface area contributed by atoms with Gasteiger partial charge in [-0.15, -0.1) is 11.6 Å². The normalized spacial score (nSPS) is 12.6. The standard InChI is InChI=1S/C17H11ClF6O/c18-7-1-2-11-3-5-14(6-4-11)25-15-9-12(16(19,20)21)8-13(10-15)17(22,23)24/h1-6,8-10H,7H2/b2-1+. The fourth-order valence-electron chi connectivity index (χ4n) is 1.95. The maximum atomic E-state index is 12.8. The van der Waals surface area contributed by atoms with E-state index in [0.717, 1.165) is 5.56 Å². The van der Waals surface area contributed by atoms with Crippen molar-refractivity contribution in [3.63, 3.8) is 0 Å². The summed E-state index contributed by atoms with van der Waals surface area (Å²) in [5, 5.41) is 0. The summed E-state index contributed by atoms with van der Waals surface area (Å²) in [7, 11) is 0. The molecule has 2 aromatic carbocycles. The molecule has 0 aromatic heterocycles. The van der Waals surface area contributed by atoms with Gasteiger partial charge in [0.15, 0.2) is 0 Å². The molecule has 134 valence electrons. The van der Waals surface area contributed by atoms with Gasteiger partial charge in [-0.3, -0.25) is 0 Å². The summed E-state index contributed by atoms with van der Waals surface area (Å²) in [5.74, 6) is -0.135. The first-order valence-electron chi connectivity index (χ1n) is 6.89. The van der Waals surface area contributed by atoms with E-state index >= 15 is 0 Å². The van der Waals surface area contributed by atoms with E-state index in [1.807, 2.05) is 0 Å². The van der Waals surface area contributed by atoms with Crippen molar-refractivity contribution in [1.29, 1.82) is 0 Å². The van der Waals surface area contributed by atoms with E-state index in [4.69, 9.17) is 16.3 Å². The Bertz CT molecular complexity index is 715. The Kier molecular flexibility index (Phi) is 5.67. The zero-order valence-corrected chi connectivity index (χ0v) is 13.2. The molecule has 0 heterocycles. The summed E-state index contributed by atoms with van der Waals surface area (Å²) in [6.07, 6.45) is -6.45. The molecule has 0 saturated carbocycles. The van der Waals surface area contributed by atoms with Crippen molar-refractivity contribution in [1.82, 2.24) is 0 Å². The van der Waals surface area contributed by atoms with E-state index in [1.165, 1.54) is 12.1 Å². The molecule has 0 fully saturated rings. The summed E-state index contributed by atoms with van der Waals surface area (Å²) in [6.45, 7) is 0. The largest absolute Gasteiger partial charge is 0.457 e. The van der Waals surface area contributed by atoms with E-state index in [0.29, 0.717) is 18.0 Å². The molecule has 0 bridgehead atoms. The molecule has 0 aliphatic rings. The summed E-state index contributed by atoms with van der Waals surface area (Å²) in [4.78, 5) is 0. The van der Waals surface area contributed by atoms with E-state index in [-0.39, 0.29) is 11.8 Å². The van der Waals surface area contributed by atoms with Crippen LogP contribution in [0.15, 0.2) is 48.5 Å². The van der Waals surface area contributed by atoms with Crippen molar-refractivity contribution in [3.05, 3.63) is 65.2 Å². The lowest BCUT2D eigenvalue weighted by molar-refractivity contribution is -0.143. The predicted octanol–water partition coefficient (Wildman–Crippen LogP) is 6.77. The second-order valence-corrected chi connectivity index (χ2v) is 5.28. The Morgan fingerprint density at radius 2 is 1.32 bits per heavy atom. The molecule has 0 aliphatic carbocycles. The number of halogens is 7. The first kappa shape index (κ1) is 19.2. The Labute approximate surface area is 144 Å². The average molecular weight is 381 g/mol. The van der Waals surface area contributed by atoms with Gasteiger partial charge >= 0.3 is 12.4 Å². The summed E-state index contributed by atoms with van der Waals surface area (Å²) in [6, 6.07) is 7.15. The van der Waals surface area contributed by atoms with Crippen molar-refractivity contribution in [2.75, 3.05) is 5.88 Å². The zero-order chi connectivity index (χ0) is 18.7. The monoisotopic (exact) mass is 380 g/mol. The Balaban J connectivity index is 2.33. The highest BCUT2D eigenvalue weighted by Crippen LogP contribution is 2.39. The third kappa shape index (κ3) is 5.42. The fraction of sp³-hybridized carbons (Fsp3) is 0.176. The van der Waals surface area contributed by atoms with Crippen LogP contribution in [0.4, 0.5) is 26.3 Å². The first-order valence-corrected chi connectivity index (χ1v) is 7.43. The Hall–Kier alpha value is -2.15. The van der Waals surface area contributed by atoms with E-state index < -0.39 is 29.2 Å². The molecule has 8 heteroatoms. The van der Waals surface area contributed by atoms with Gasteiger partial charge in [-0.25, -0.2) is 0 Å². The molecule has 2 aromatic rings. The molecule has 0 radical (unpaired) electrons. The SMILES string of the molecule is FC(F)(F)c1cc(Oc2ccc(/C=C/CCl)cc2)cc(C(F)(F)F)c1. The number of allylic oxidation sites excluding steroid dienone is 1. The van der Waals surface area contributed by atoms with Gasteiger partial charge in [0.1, 0.15) is 11.5 Å². The van der Waals surface area contributed by atoms with Crippen LogP contribution in [0.1, 0.15) is 16.7 Å². The van der Waals surface area contributed by atoms with Gasteiger partial charge in [0, 0.05) is 5.88 Å². The lowest BCUT2D eigenvalue weighted by Crippen LogP contribution is -2.11. The van der Waals surface area contributed by atoms with Gasteiger partial charge in [-0.2, -0.15) is 26.3 Å². The van der Waals surface area contributed by atoms with Gasteiger partial charge in [0.25, 0.3) is 0 Å². The average Bonchev–Trinajstić information content (AvgIpc) is 2.52. The molecule has 0 aliphatic heterocycles. The van der Waals surface area contributed by atoms with Crippen LogP contribution in [0.5, 0.6) is 11.5 Å². The third-order valence-corrected chi connectivity index (χ3v) is 3.25.